The molecule has 302 valence electrons. The molecule has 64 heavy (non-hydrogen) atoms. The molecule has 6 heterocycles. The van der Waals surface area contributed by atoms with Crippen molar-refractivity contribution in [2.45, 2.75) is 39.5 Å². The minimum absolute atomic E-state index is 0.955. The Hall–Kier alpha value is -7.96. The minimum atomic E-state index is 0.955. The average molecular weight is 821 g/mol. The van der Waals surface area contributed by atoms with Crippen molar-refractivity contribution in [3.8, 4) is 45.0 Å². The molecule has 6 aromatic carbocycles. The fraction of sp³-hybridized carbons (Fsp3) is 0.103. The van der Waals surface area contributed by atoms with Gasteiger partial charge in [-0.15, -0.1) is 0 Å². The van der Waals surface area contributed by atoms with Crippen molar-refractivity contribution in [2.75, 3.05) is 0 Å². The van der Waals surface area contributed by atoms with Crippen molar-refractivity contribution in [1.29, 1.82) is 0 Å². The molecular weight excluding hydrogens is 781 g/mol. The smallest absolute Gasteiger partial charge is 0.0780 e. The highest BCUT2D eigenvalue weighted by Gasteiger charge is 2.33. The van der Waals surface area contributed by atoms with Crippen LogP contribution in [0.1, 0.15) is 33.4 Å². The van der Waals surface area contributed by atoms with E-state index in [-0.39, 0.29) is 0 Å². The van der Waals surface area contributed by atoms with Crippen molar-refractivity contribution in [2.24, 2.45) is 0 Å². The molecule has 0 spiro atoms. The maximum atomic E-state index is 4.96. The highest BCUT2D eigenvalue weighted by atomic mass is 15.0. The zero-order valence-corrected chi connectivity index (χ0v) is 35.5. The zero-order valence-electron chi connectivity index (χ0n) is 35.5. The number of aryl methyl sites for hydroxylation is 6. The summed E-state index contributed by atoms with van der Waals surface area (Å²) in [6, 6.07) is 44.6. The summed E-state index contributed by atoms with van der Waals surface area (Å²) in [7, 11) is 0. The quantitative estimate of drug-likeness (QED) is 0.177. The first kappa shape index (κ1) is 35.6. The monoisotopic (exact) mass is 820 g/mol. The van der Waals surface area contributed by atoms with Gasteiger partial charge < -0.3 is 9.13 Å². The molecule has 0 bridgehead atoms. The van der Waals surface area contributed by atoms with E-state index in [0.717, 1.165) is 59.6 Å². The Kier molecular flexibility index (Phi) is 7.39. The number of benzene rings is 6. The SMILES string of the molecule is Cc1ccncc1-n1c2ccc(-c3nccc4ccccc34)cc2c2cc3c4c(c21)CCc1cc2c5cc(-c6nccc7ccccc67)ccc5n(-c5cnccc5C)c2c(c1-4)CC3. The van der Waals surface area contributed by atoms with Crippen molar-refractivity contribution >= 4 is 65.2 Å². The molecule has 0 unspecified atom stereocenters. The van der Waals surface area contributed by atoms with Crippen LogP contribution >= 0.6 is 0 Å². The van der Waals surface area contributed by atoms with Crippen molar-refractivity contribution in [3.63, 3.8) is 0 Å². The Bertz CT molecular complexity index is 3730. The Morgan fingerprint density at radius 3 is 1.36 bits per heavy atom. The van der Waals surface area contributed by atoms with E-state index < -0.39 is 0 Å². The second-order valence-corrected chi connectivity index (χ2v) is 17.8. The molecule has 12 aromatic rings. The third kappa shape index (κ3) is 4.91. The van der Waals surface area contributed by atoms with Crippen LogP contribution in [0.2, 0.25) is 0 Å². The van der Waals surface area contributed by atoms with Crippen LogP contribution in [0.15, 0.2) is 159 Å². The predicted octanol–water partition coefficient (Wildman–Crippen LogP) is 13.6. The first-order valence-corrected chi connectivity index (χ1v) is 22.4. The molecular formula is C58H40N6. The largest absolute Gasteiger partial charge is 0.307 e. The van der Waals surface area contributed by atoms with Gasteiger partial charge in [0.1, 0.15) is 0 Å². The van der Waals surface area contributed by atoms with Crippen LogP contribution in [0.4, 0.5) is 0 Å². The molecule has 0 fully saturated rings. The van der Waals surface area contributed by atoms with E-state index in [2.05, 4.69) is 144 Å². The number of hydrogen-bond donors (Lipinski definition) is 0. The van der Waals surface area contributed by atoms with E-state index >= 15 is 0 Å². The summed E-state index contributed by atoms with van der Waals surface area (Å²) < 4.78 is 5.03. The van der Waals surface area contributed by atoms with Gasteiger partial charge in [0, 0.05) is 68.2 Å². The lowest BCUT2D eigenvalue weighted by Crippen LogP contribution is -2.16. The van der Waals surface area contributed by atoms with Gasteiger partial charge in [-0.05, 0) is 155 Å². The van der Waals surface area contributed by atoms with Crippen LogP contribution in [0.25, 0.3) is 110 Å². The van der Waals surface area contributed by atoms with Gasteiger partial charge in [0.2, 0.25) is 0 Å². The number of hydrogen-bond acceptors (Lipinski definition) is 4. The van der Waals surface area contributed by atoms with Gasteiger partial charge in [0.25, 0.3) is 0 Å². The van der Waals surface area contributed by atoms with Crippen LogP contribution in [0.5, 0.6) is 0 Å². The highest BCUT2D eigenvalue weighted by Crippen LogP contribution is 2.52. The van der Waals surface area contributed by atoms with Gasteiger partial charge in [-0.25, -0.2) is 0 Å². The molecule has 2 aliphatic carbocycles. The maximum Gasteiger partial charge on any atom is 0.0780 e. The third-order valence-electron chi connectivity index (χ3n) is 14.4. The average Bonchev–Trinajstić information content (AvgIpc) is 3.84. The number of rotatable bonds is 4. The number of aromatic nitrogens is 6. The van der Waals surface area contributed by atoms with E-state index in [9.17, 15) is 0 Å². The minimum Gasteiger partial charge on any atom is -0.307 e. The topological polar surface area (TPSA) is 61.4 Å². The number of fused-ring (bicyclic) bond motifs is 10. The zero-order chi connectivity index (χ0) is 42.2. The molecule has 0 radical (unpaired) electrons. The lowest BCUT2D eigenvalue weighted by molar-refractivity contribution is 0.882. The van der Waals surface area contributed by atoms with E-state index in [4.69, 9.17) is 19.9 Å². The van der Waals surface area contributed by atoms with Crippen molar-refractivity contribution < 1.29 is 0 Å². The van der Waals surface area contributed by atoms with Crippen molar-refractivity contribution in [1.82, 2.24) is 29.1 Å². The maximum absolute atomic E-state index is 4.96. The van der Waals surface area contributed by atoms with Crippen LogP contribution in [-0.2, 0) is 25.7 Å². The van der Waals surface area contributed by atoms with Crippen LogP contribution in [0.3, 0.4) is 0 Å². The molecule has 0 saturated carbocycles. The lowest BCUT2D eigenvalue weighted by atomic mass is 9.74. The summed E-state index contributed by atoms with van der Waals surface area (Å²) in [5, 5.41) is 9.83. The molecule has 6 heteroatoms. The second-order valence-electron chi connectivity index (χ2n) is 17.8. The van der Waals surface area contributed by atoms with Crippen LogP contribution < -0.4 is 0 Å². The molecule has 6 aromatic heterocycles. The van der Waals surface area contributed by atoms with Gasteiger partial charge in [0.05, 0.1) is 57.2 Å². The molecule has 0 saturated heterocycles. The molecule has 0 aliphatic heterocycles. The van der Waals surface area contributed by atoms with Crippen LogP contribution in [0, 0.1) is 13.8 Å². The standard InChI is InChI=1S/C58H40N6/c1-33-19-23-59-31-51(33)63-49-17-13-39(55-41-9-5-3-7-35(41)21-25-61-55)29-45(49)47-27-37-12-16-44-54-38(11-15-43(53(37)54)57(47)63)28-48-46-30-40(56-42-10-6-4-8-36(42)22-26-62-56)14-18-50(46)64(58(44)48)52-32-60-24-20-34(52)2/h3-10,13-14,17-32H,11-12,15-16H2,1-2H3. The summed E-state index contributed by atoms with van der Waals surface area (Å²) in [4.78, 5) is 19.3. The van der Waals surface area contributed by atoms with Crippen LogP contribution in [-0.4, -0.2) is 29.1 Å². The third-order valence-corrected chi connectivity index (χ3v) is 14.4. The molecule has 0 N–H and O–H groups in total. The van der Waals surface area contributed by atoms with Gasteiger partial charge in [0.15, 0.2) is 0 Å². The van der Waals surface area contributed by atoms with Crippen molar-refractivity contribution in [3.05, 3.63) is 192 Å². The first-order chi connectivity index (χ1) is 31.6. The first-order valence-electron chi connectivity index (χ1n) is 22.4. The summed E-state index contributed by atoms with van der Waals surface area (Å²) in [6.45, 7) is 4.41. The van der Waals surface area contributed by atoms with E-state index in [1.807, 2.05) is 37.2 Å². The second kappa shape index (κ2) is 13.3. The summed E-state index contributed by atoms with van der Waals surface area (Å²) in [6.07, 6.45) is 15.6. The van der Waals surface area contributed by atoms with E-state index in [1.165, 1.54) is 110 Å². The number of nitrogens with zero attached hydrogens (tertiary/aromatic N) is 6. The van der Waals surface area contributed by atoms with Gasteiger partial charge in [-0.2, -0.15) is 0 Å². The Morgan fingerprint density at radius 1 is 0.422 bits per heavy atom. The van der Waals surface area contributed by atoms with Gasteiger partial charge in [-0.1, -0.05) is 60.7 Å². The number of pyridine rings is 4. The molecule has 0 atom stereocenters. The molecule has 6 nitrogen and oxygen atoms in total. The van der Waals surface area contributed by atoms with Gasteiger partial charge >= 0.3 is 0 Å². The summed E-state index contributed by atoms with van der Waals surface area (Å²) in [5.41, 5.74) is 22.5. The highest BCUT2D eigenvalue weighted by molar-refractivity contribution is 6.17. The Morgan fingerprint density at radius 2 is 0.891 bits per heavy atom. The fourth-order valence-electron chi connectivity index (χ4n) is 11.5. The normalized spacial score (nSPS) is 13.2. The van der Waals surface area contributed by atoms with Gasteiger partial charge in [-0.3, -0.25) is 19.9 Å². The van der Waals surface area contributed by atoms with E-state index in [0.29, 0.717) is 0 Å². The predicted molar refractivity (Wildman–Crippen MR) is 262 cm³/mol. The Balaban J connectivity index is 1.06. The van der Waals surface area contributed by atoms with E-state index in [1.54, 1.807) is 0 Å². The molecule has 0 amide bonds. The Labute approximate surface area is 369 Å². The molecule has 14 rings (SSSR count). The fourth-order valence-corrected chi connectivity index (χ4v) is 11.5. The summed E-state index contributed by atoms with van der Waals surface area (Å²) >= 11 is 0. The lowest BCUT2D eigenvalue weighted by Gasteiger charge is -2.31. The summed E-state index contributed by atoms with van der Waals surface area (Å²) in [5.74, 6) is 0. The molecule has 2 aliphatic rings.